The molecule has 0 atom stereocenters. The van der Waals surface area contributed by atoms with E-state index in [4.69, 9.17) is 14.6 Å². The van der Waals surface area contributed by atoms with Gasteiger partial charge in [0.25, 0.3) is 5.91 Å². The van der Waals surface area contributed by atoms with Gasteiger partial charge in [0.15, 0.2) is 0 Å². The van der Waals surface area contributed by atoms with Crippen LogP contribution in [0, 0.1) is 25.5 Å². The largest absolute Gasteiger partial charge is 0.478 e. The molecule has 1 amide bonds. The number of piperazine rings is 2. The number of nitrogens with one attached hydrogen (secondary N) is 1. The van der Waals surface area contributed by atoms with Crippen LogP contribution in [0.5, 0.6) is 23.0 Å². The number of halogens is 2. The molecule has 2 N–H and O–H groups in total. The number of carbonyl (C=O) groups excluding carboxylic acids is 1. The fourth-order valence-corrected chi connectivity index (χ4v) is 6.51. The number of amides is 1. The van der Waals surface area contributed by atoms with Crippen LogP contribution in [0.15, 0.2) is 121 Å². The monoisotopic (exact) mass is 828 g/mol. The van der Waals surface area contributed by atoms with E-state index >= 15 is 0 Å². The van der Waals surface area contributed by atoms with Gasteiger partial charge in [-0.2, -0.15) is 0 Å². The number of carbonyl (C=O) groups is 2. The van der Waals surface area contributed by atoms with Crippen LogP contribution in [0.2, 0.25) is 0 Å². The molecule has 2 aliphatic rings. The Kier molecular flexibility index (Phi) is 15.2. The van der Waals surface area contributed by atoms with Crippen LogP contribution in [0.4, 0.5) is 8.78 Å². The number of hydrogen-bond donors (Lipinski definition) is 2. The van der Waals surface area contributed by atoms with Gasteiger partial charge in [-0.1, -0.05) is 0 Å². The first-order valence-electron chi connectivity index (χ1n) is 20.0. The second-order valence-electron chi connectivity index (χ2n) is 14.9. The highest BCUT2D eigenvalue weighted by Gasteiger charge is 2.21. The zero-order valence-corrected chi connectivity index (χ0v) is 34.8. The Hall–Kier alpha value is -6.54. The molecule has 2 saturated heterocycles. The van der Waals surface area contributed by atoms with Gasteiger partial charge in [-0.05, 0) is 149 Å². The number of aromatic carboxylic acids is 1. The van der Waals surface area contributed by atoms with Crippen molar-refractivity contribution in [3.8, 4) is 45.5 Å². The summed E-state index contributed by atoms with van der Waals surface area (Å²) in [5.74, 6) is 0.777. The van der Waals surface area contributed by atoms with Crippen molar-refractivity contribution in [1.29, 1.82) is 0 Å². The molecule has 61 heavy (non-hydrogen) atoms. The minimum absolute atomic E-state index is 0.0473. The maximum Gasteiger partial charge on any atom is 0.335 e. The predicted molar refractivity (Wildman–Crippen MR) is 232 cm³/mol. The Balaban J connectivity index is 0.000000179. The molecule has 11 nitrogen and oxygen atoms in total. The van der Waals surface area contributed by atoms with E-state index in [1.165, 1.54) is 49.5 Å². The number of carboxylic acid groups (broad SMARTS) is 1. The summed E-state index contributed by atoms with van der Waals surface area (Å²) in [6.45, 7) is 11.6. The lowest BCUT2D eigenvalue weighted by Crippen LogP contribution is -2.47. The summed E-state index contributed by atoms with van der Waals surface area (Å²) in [6, 6.07) is 33.0. The summed E-state index contributed by atoms with van der Waals surface area (Å²) in [4.78, 5) is 39.5. The van der Waals surface area contributed by atoms with E-state index in [1.54, 1.807) is 55.5 Å². The molecular weight excluding hydrogens is 779 g/mol. The molecule has 2 fully saturated rings. The maximum atomic E-state index is 13.0. The smallest absolute Gasteiger partial charge is 0.335 e. The number of benzene rings is 4. The second kappa shape index (κ2) is 21.1. The number of aromatic nitrogens is 2. The predicted octanol–water partition coefficient (Wildman–Crippen LogP) is 8.58. The van der Waals surface area contributed by atoms with Crippen molar-refractivity contribution in [3.63, 3.8) is 0 Å². The average Bonchev–Trinajstić information content (AvgIpc) is 3.26. The van der Waals surface area contributed by atoms with E-state index < -0.39 is 5.97 Å². The van der Waals surface area contributed by atoms with Gasteiger partial charge >= 0.3 is 5.97 Å². The van der Waals surface area contributed by atoms with Gasteiger partial charge in [0.2, 0.25) is 0 Å². The molecule has 0 saturated carbocycles. The minimum Gasteiger partial charge on any atom is -0.478 e. The molecule has 0 spiro atoms. The van der Waals surface area contributed by atoms with Crippen molar-refractivity contribution in [3.05, 3.63) is 155 Å². The Labute approximate surface area is 355 Å². The minimum atomic E-state index is -0.988. The molecule has 0 bridgehead atoms. The SMILES string of the molecule is CN1CCNCC1.Cc1cc(C(=O)N2CCN(C)CC2)cc(-c2ccc(Oc3ccc(F)cc3)cc2)n1.Cc1cc(C(=O)O)cc(-c2ccc(Oc3ccc(F)cc3)cc2)n1. The molecule has 2 aliphatic heterocycles. The Morgan fingerprint density at radius 3 is 1.33 bits per heavy atom. The van der Waals surface area contributed by atoms with Crippen LogP contribution in [0.3, 0.4) is 0 Å². The van der Waals surface area contributed by atoms with Gasteiger partial charge in [0, 0.05) is 80.4 Å². The highest BCUT2D eigenvalue weighted by atomic mass is 19.1. The van der Waals surface area contributed by atoms with Crippen LogP contribution in [0.25, 0.3) is 22.5 Å². The molecule has 4 aromatic carbocycles. The molecular formula is C48H50F2N6O5. The van der Waals surface area contributed by atoms with Crippen LogP contribution >= 0.6 is 0 Å². The molecule has 4 heterocycles. The quantitative estimate of drug-likeness (QED) is 0.154. The third-order valence-corrected chi connectivity index (χ3v) is 9.93. The van der Waals surface area contributed by atoms with Crippen molar-refractivity contribution >= 4 is 11.9 Å². The summed E-state index contributed by atoms with van der Waals surface area (Å²) in [5.41, 5.74) is 5.32. The molecule has 6 aromatic rings. The summed E-state index contributed by atoms with van der Waals surface area (Å²) >= 11 is 0. The molecule has 0 unspecified atom stereocenters. The lowest BCUT2D eigenvalue weighted by atomic mass is 10.1. The molecule has 2 aromatic heterocycles. The van der Waals surface area contributed by atoms with Gasteiger partial charge in [-0.25, -0.2) is 13.6 Å². The lowest BCUT2D eigenvalue weighted by Gasteiger charge is -2.32. The van der Waals surface area contributed by atoms with Crippen molar-refractivity contribution in [2.75, 3.05) is 66.5 Å². The van der Waals surface area contributed by atoms with Gasteiger partial charge in [0.1, 0.15) is 34.6 Å². The van der Waals surface area contributed by atoms with E-state index in [1.807, 2.05) is 48.2 Å². The van der Waals surface area contributed by atoms with Gasteiger partial charge in [-0.15, -0.1) is 0 Å². The summed E-state index contributed by atoms with van der Waals surface area (Å²) in [7, 11) is 4.22. The molecule has 0 aliphatic carbocycles. The first-order chi connectivity index (χ1) is 29.4. The standard InChI is InChI=1S/C24H24FN3O2.C19H14FNO3.C5H12N2/c1-17-15-19(24(29)28-13-11-27(2)12-14-28)16-23(26-17)18-3-7-21(8-4-18)30-22-9-5-20(25)6-10-22;1-12-10-14(19(22)23)11-18(21-12)13-2-6-16(7-3-13)24-17-8-4-15(20)5-9-17;1-7-4-2-6-3-5-7/h3-10,15-16H,11-14H2,1-2H3;2-11H,1H3,(H,22,23);6H,2-5H2,1H3. The van der Waals surface area contributed by atoms with Crippen molar-refractivity contribution < 1.29 is 33.0 Å². The third-order valence-electron chi connectivity index (χ3n) is 9.93. The van der Waals surface area contributed by atoms with Crippen LogP contribution in [-0.2, 0) is 0 Å². The number of carboxylic acids is 1. The Bertz CT molecular complexity index is 2370. The number of pyridine rings is 2. The summed E-state index contributed by atoms with van der Waals surface area (Å²) < 4.78 is 37.3. The number of ether oxygens (including phenoxy) is 2. The number of hydrogen-bond acceptors (Lipinski definition) is 9. The van der Waals surface area contributed by atoms with E-state index in [0.717, 1.165) is 61.8 Å². The van der Waals surface area contributed by atoms with E-state index in [2.05, 4.69) is 39.2 Å². The zero-order chi connectivity index (χ0) is 43.3. The van der Waals surface area contributed by atoms with E-state index in [0.29, 0.717) is 39.9 Å². The number of aryl methyl sites for hydroxylation is 2. The average molecular weight is 829 g/mol. The van der Waals surface area contributed by atoms with Crippen LogP contribution < -0.4 is 14.8 Å². The first-order valence-corrected chi connectivity index (χ1v) is 20.0. The summed E-state index contributed by atoms with van der Waals surface area (Å²) in [5, 5.41) is 12.4. The molecule has 8 rings (SSSR count). The van der Waals surface area contributed by atoms with Crippen molar-refractivity contribution in [2.24, 2.45) is 0 Å². The van der Waals surface area contributed by atoms with Crippen molar-refractivity contribution in [1.82, 2.24) is 30.0 Å². The Morgan fingerprint density at radius 1 is 0.557 bits per heavy atom. The van der Waals surface area contributed by atoms with E-state index in [-0.39, 0.29) is 23.1 Å². The third kappa shape index (κ3) is 13.2. The van der Waals surface area contributed by atoms with Gasteiger partial charge in [0.05, 0.1) is 17.0 Å². The van der Waals surface area contributed by atoms with Gasteiger partial charge < -0.3 is 34.6 Å². The normalized spacial score (nSPS) is 14.2. The molecule has 13 heteroatoms. The fourth-order valence-electron chi connectivity index (χ4n) is 6.51. The molecule has 316 valence electrons. The highest BCUT2D eigenvalue weighted by molar-refractivity contribution is 5.95. The number of rotatable bonds is 8. The molecule has 0 radical (unpaired) electrons. The lowest BCUT2D eigenvalue weighted by molar-refractivity contribution is 0.0661. The second-order valence-corrected chi connectivity index (χ2v) is 14.9. The summed E-state index contributed by atoms with van der Waals surface area (Å²) in [6.07, 6.45) is 0. The Morgan fingerprint density at radius 2 is 0.934 bits per heavy atom. The first kappa shape index (κ1) is 44.0. The highest BCUT2D eigenvalue weighted by Crippen LogP contribution is 2.28. The maximum absolute atomic E-state index is 13.0. The van der Waals surface area contributed by atoms with Crippen LogP contribution in [0.1, 0.15) is 32.1 Å². The number of likely N-dealkylation sites (N-methyl/N-ethyl adjacent to an activating group) is 2. The van der Waals surface area contributed by atoms with E-state index in [9.17, 15) is 18.4 Å². The van der Waals surface area contributed by atoms with Gasteiger partial charge in [-0.3, -0.25) is 14.8 Å². The van der Waals surface area contributed by atoms with Crippen LogP contribution in [-0.4, -0.2) is 108 Å². The van der Waals surface area contributed by atoms with Crippen molar-refractivity contribution in [2.45, 2.75) is 13.8 Å². The number of nitrogens with zero attached hydrogens (tertiary/aromatic N) is 5. The zero-order valence-electron chi connectivity index (χ0n) is 34.8. The fraction of sp³-hybridized carbons (Fsp3) is 0.250. The topological polar surface area (TPSA) is 120 Å².